The summed E-state index contributed by atoms with van der Waals surface area (Å²) in [6.07, 6.45) is 6.82. The molecular weight excluding hydrogens is 266 g/mol. The van der Waals surface area contributed by atoms with E-state index in [0.29, 0.717) is 0 Å². The minimum atomic E-state index is -0.309. The second-order valence-electron chi connectivity index (χ2n) is 5.77. The maximum absolute atomic E-state index is 6.62. The number of nitrogens with two attached hydrogens (primary N) is 1. The highest BCUT2D eigenvalue weighted by molar-refractivity contribution is 5.43. The van der Waals surface area contributed by atoms with E-state index in [1.165, 1.54) is 12.8 Å². The summed E-state index contributed by atoms with van der Waals surface area (Å²) < 4.78 is 16.7. The minimum absolute atomic E-state index is 0.217. The third-order valence-electron chi connectivity index (χ3n) is 4.70. The molecule has 118 valence electrons. The Morgan fingerprint density at radius 2 is 1.67 bits per heavy atom. The van der Waals surface area contributed by atoms with E-state index in [9.17, 15) is 0 Å². The van der Waals surface area contributed by atoms with E-state index in [-0.39, 0.29) is 11.6 Å². The normalized spacial score (nSPS) is 19.6. The molecule has 0 aliphatic heterocycles. The zero-order valence-corrected chi connectivity index (χ0v) is 13.4. The van der Waals surface area contributed by atoms with Crippen LogP contribution in [-0.2, 0) is 4.74 Å². The Morgan fingerprint density at radius 1 is 1.00 bits per heavy atom. The lowest BCUT2D eigenvalue weighted by molar-refractivity contribution is -0.0446. The van der Waals surface area contributed by atoms with Crippen LogP contribution in [0.25, 0.3) is 0 Å². The Morgan fingerprint density at radius 3 is 2.19 bits per heavy atom. The van der Waals surface area contributed by atoms with Gasteiger partial charge in [0, 0.05) is 12.7 Å². The van der Waals surface area contributed by atoms with Gasteiger partial charge in [0.1, 0.15) is 11.5 Å². The fourth-order valence-electron chi connectivity index (χ4n) is 3.33. The summed E-state index contributed by atoms with van der Waals surface area (Å²) in [6.45, 7) is 0. The molecule has 4 nitrogen and oxygen atoms in total. The highest BCUT2D eigenvalue weighted by Crippen LogP contribution is 2.42. The fraction of sp³-hybridized carbons (Fsp3) is 0.647. The first kappa shape index (κ1) is 16.1. The molecule has 0 spiro atoms. The third-order valence-corrected chi connectivity index (χ3v) is 4.70. The minimum Gasteiger partial charge on any atom is -0.497 e. The molecular formula is C17H27NO3. The summed E-state index contributed by atoms with van der Waals surface area (Å²) >= 11 is 0. The quantitative estimate of drug-likeness (QED) is 0.845. The molecule has 1 unspecified atom stereocenters. The van der Waals surface area contributed by atoms with Crippen molar-refractivity contribution in [3.05, 3.63) is 23.8 Å². The molecule has 0 amide bonds. The highest BCUT2D eigenvalue weighted by Gasteiger charge is 2.39. The van der Waals surface area contributed by atoms with Crippen molar-refractivity contribution < 1.29 is 14.2 Å². The summed E-state index contributed by atoms with van der Waals surface area (Å²) in [7, 11) is 5.11. The van der Waals surface area contributed by atoms with Crippen LogP contribution in [0.3, 0.4) is 0 Å². The van der Waals surface area contributed by atoms with Gasteiger partial charge in [-0.2, -0.15) is 0 Å². The zero-order chi connectivity index (χ0) is 15.3. The van der Waals surface area contributed by atoms with Crippen molar-refractivity contribution in [2.45, 2.75) is 50.2 Å². The molecule has 0 saturated heterocycles. The van der Waals surface area contributed by atoms with E-state index in [1.54, 1.807) is 21.3 Å². The number of ether oxygens (including phenoxy) is 3. The van der Waals surface area contributed by atoms with Crippen LogP contribution in [0.4, 0.5) is 0 Å². The average Bonchev–Trinajstić information content (AvgIpc) is 2.80. The third kappa shape index (κ3) is 3.33. The Bertz CT molecular complexity index is 453. The fourth-order valence-corrected chi connectivity index (χ4v) is 3.33. The lowest BCUT2D eigenvalue weighted by Crippen LogP contribution is -2.42. The van der Waals surface area contributed by atoms with Crippen molar-refractivity contribution >= 4 is 0 Å². The molecule has 0 aromatic heterocycles. The van der Waals surface area contributed by atoms with E-state index < -0.39 is 0 Å². The highest BCUT2D eigenvalue weighted by atomic mass is 16.5. The van der Waals surface area contributed by atoms with E-state index in [0.717, 1.165) is 42.7 Å². The van der Waals surface area contributed by atoms with E-state index >= 15 is 0 Å². The summed E-state index contributed by atoms with van der Waals surface area (Å²) in [4.78, 5) is 0. The van der Waals surface area contributed by atoms with Crippen LogP contribution in [0, 0.1) is 0 Å². The summed E-state index contributed by atoms with van der Waals surface area (Å²) in [5.41, 5.74) is 7.27. The molecule has 1 atom stereocenters. The van der Waals surface area contributed by atoms with Crippen molar-refractivity contribution in [3.63, 3.8) is 0 Å². The van der Waals surface area contributed by atoms with Crippen molar-refractivity contribution in [2.24, 2.45) is 5.73 Å². The average molecular weight is 293 g/mol. The topological polar surface area (TPSA) is 53.7 Å². The standard InChI is InChI=1S/C17H27NO3/c1-19-13-8-9-15(20-2)14(12-13)16(18)17(21-3)10-6-4-5-7-11-17/h8-9,12,16H,4-7,10-11,18H2,1-3H3. The van der Waals surface area contributed by atoms with Crippen molar-refractivity contribution in [2.75, 3.05) is 21.3 Å². The molecule has 1 aliphatic rings. The van der Waals surface area contributed by atoms with Crippen molar-refractivity contribution in [1.29, 1.82) is 0 Å². The van der Waals surface area contributed by atoms with Gasteiger partial charge >= 0.3 is 0 Å². The predicted molar refractivity (Wildman–Crippen MR) is 83.9 cm³/mol. The molecule has 21 heavy (non-hydrogen) atoms. The first-order valence-corrected chi connectivity index (χ1v) is 7.69. The van der Waals surface area contributed by atoms with Crippen molar-refractivity contribution in [1.82, 2.24) is 0 Å². The summed E-state index contributed by atoms with van der Waals surface area (Å²) in [6, 6.07) is 5.55. The Kier molecular flexibility index (Phi) is 5.48. The number of benzene rings is 1. The van der Waals surface area contributed by atoms with Crippen LogP contribution in [0.1, 0.15) is 50.1 Å². The van der Waals surface area contributed by atoms with Gasteiger partial charge in [-0.15, -0.1) is 0 Å². The first-order valence-electron chi connectivity index (χ1n) is 7.69. The lowest BCUT2D eigenvalue weighted by Gasteiger charge is -2.38. The van der Waals surface area contributed by atoms with Crippen LogP contribution in [0.5, 0.6) is 11.5 Å². The molecule has 4 heteroatoms. The summed E-state index contributed by atoms with van der Waals surface area (Å²) in [5, 5.41) is 0. The second-order valence-corrected chi connectivity index (χ2v) is 5.77. The maximum atomic E-state index is 6.62. The van der Waals surface area contributed by atoms with Crippen LogP contribution < -0.4 is 15.2 Å². The lowest BCUT2D eigenvalue weighted by atomic mass is 9.82. The van der Waals surface area contributed by atoms with Crippen molar-refractivity contribution in [3.8, 4) is 11.5 Å². The number of rotatable bonds is 5. The number of hydrogen-bond acceptors (Lipinski definition) is 4. The van der Waals surface area contributed by atoms with Crippen LogP contribution >= 0.6 is 0 Å². The Labute approximate surface area is 127 Å². The first-order chi connectivity index (χ1) is 10.2. The van der Waals surface area contributed by atoms with Crippen LogP contribution in [0.2, 0.25) is 0 Å². The Balaban J connectivity index is 2.37. The molecule has 1 aromatic rings. The van der Waals surface area contributed by atoms with Gasteiger partial charge in [-0.3, -0.25) is 0 Å². The molecule has 1 saturated carbocycles. The van der Waals surface area contributed by atoms with Crippen LogP contribution in [-0.4, -0.2) is 26.9 Å². The van der Waals surface area contributed by atoms with E-state index in [1.807, 2.05) is 18.2 Å². The van der Waals surface area contributed by atoms with Gasteiger partial charge in [0.25, 0.3) is 0 Å². The second kappa shape index (κ2) is 7.14. The predicted octanol–water partition coefficient (Wildman–Crippen LogP) is 3.44. The molecule has 1 fully saturated rings. The zero-order valence-electron chi connectivity index (χ0n) is 13.4. The van der Waals surface area contributed by atoms with Gasteiger partial charge in [0.15, 0.2) is 0 Å². The Hall–Kier alpha value is -1.26. The van der Waals surface area contributed by atoms with Crippen LogP contribution in [0.15, 0.2) is 18.2 Å². The van der Waals surface area contributed by atoms with Gasteiger partial charge in [-0.25, -0.2) is 0 Å². The number of methoxy groups -OCH3 is 3. The smallest absolute Gasteiger partial charge is 0.124 e. The molecule has 2 N–H and O–H groups in total. The van der Waals surface area contributed by atoms with Gasteiger partial charge in [-0.1, -0.05) is 25.7 Å². The monoisotopic (exact) mass is 293 g/mol. The molecule has 2 rings (SSSR count). The number of hydrogen-bond donors (Lipinski definition) is 1. The molecule has 0 heterocycles. The molecule has 0 bridgehead atoms. The van der Waals surface area contributed by atoms with E-state index in [2.05, 4.69) is 0 Å². The molecule has 0 radical (unpaired) electrons. The molecule has 1 aromatic carbocycles. The van der Waals surface area contributed by atoms with Gasteiger partial charge in [-0.05, 0) is 31.0 Å². The van der Waals surface area contributed by atoms with Gasteiger partial charge in [0.05, 0.1) is 25.9 Å². The summed E-state index contributed by atoms with van der Waals surface area (Å²) in [5.74, 6) is 1.59. The van der Waals surface area contributed by atoms with Gasteiger partial charge in [0.2, 0.25) is 0 Å². The van der Waals surface area contributed by atoms with Gasteiger partial charge < -0.3 is 19.9 Å². The van der Waals surface area contributed by atoms with E-state index in [4.69, 9.17) is 19.9 Å². The molecule has 1 aliphatic carbocycles. The maximum Gasteiger partial charge on any atom is 0.124 e. The largest absolute Gasteiger partial charge is 0.497 e. The SMILES string of the molecule is COc1ccc(OC)c(C(N)C2(OC)CCCCCC2)c1.